The zero-order valence-electron chi connectivity index (χ0n) is 7.67. The molecule has 0 amide bonds. The van der Waals surface area contributed by atoms with E-state index < -0.39 is 41.6 Å². The molecule has 0 aromatic heterocycles. The van der Waals surface area contributed by atoms with Crippen LogP contribution in [0.15, 0.2) is 12.1 Å². The van der Waals surface area contributed by atoms with Crippen LogP contribution in [0.4, 0.5) is 13.2 Å². The van der Waals surface area contributed by atoms with Crippen molar-refractivity contribution in [3.8, 4) is 5.75 Å². The van der Waals surface area contributed by atoms with E-state index in [0.29, 0.717) is 6.07 Å². The third-order valence-corrected chi connectivity index (χ3v) is 1.49. The lowest BCUT2D eigenvalue weighted by Crippen LogP contribution is -2.14. The summed E-state index contributed by atoms with van der Waals surface area (Å²) in [4.78, 5) is 20.9. The van der Waals surface area contributed by atoms with Gasteiger partial charge >= 0.3 is 11.9 Å². The Balaban J connectivity index is 2.85. The SMILES string of the molecule is O=C(O)CC(=O)Oc1cc(F)c(F)cc1F. The molecule has 16 heavy (non-hydrogen) atoms. The Bertz CT molecular complexity index is 445. The number of carboxylic acid groups (broad SMARTS) is 1. The third-order valence-electron chi connectivity index (χ3n) is 1.49. The molecule has 0 atom stereocenters. The van der Waals surface area contributed by atoms with Crippen molar-refractivity contribution in [2.45, 2.75) is 6.42 Å². The molecule has 1 rings (SSSR count). The summed E-state index contributed by atoms with van der Waals surface area (Å²) >= 11 is 0. The summed E-state index contributed by atoms with van der Waals surface area (Å²) in [6.45, 7) is 0. The highest BCUT2D eigenvalue weighted by Crippen LogP contribution is 2.21. The van der Waals surface area contributed by atoms with Gasteiger partial charge in [0.2, 0.25) is 0 Å². The van der Waals surface area contributed by atoms with E-state index in [-0.39, 0.29) is 6.07 Å². The molecule has 0 radical (unpaired) electrons. The van der Waals surface area contributed by atoms with Crippen molar-refractivity contribution >= 4 is 11.9 Å². The van der Waals surface area contributed by atoms with Gasteiger partial charge in [-0.15, -0.1) is 0 Å². The first kappa shape index (κ1) is 12.0. The van der Waals surface area contributed by atoms with Gasteiger partial charge in [-0.3, -0.25) is 9.59 Å². The number of hydrogen-bond acceptors (Lipinski definition) is 3. The zero-order chi connectivity index (χ0) is 12.3. The van der Waals surface area contributed by atoms with Gasteiger partial charge < -0.3 is 9.84 Å². The maximum atomic E-state index is 12.9. The monoisotopic (exact) mass is 234 g/mol. The van der Waals surface area contributed by atoms with Crippen molar-refractivity contribution in [2.75, 3.05) is 0 Å². The molecule has 0 aliphatic rings. The molecule has 0 heterocycles. The van der Waals surface area contributed by atoms with E-state index in [0.717, 1.165) is 0 Å². The zero-order valence-corrected chi connectivity index (χ0v) is 7.67. The smallest absolute Gasteiger partial charge is 0.322 e. The first-order valence-corrected chi connectivity index (χ1v) is 3.97. The highest BCUT2D eigenvalue weighted by atomic mass is 19.2. The number of halogens is 3. The third kappa shape index (κ3) is 2.97. The summed E-state index contributed by atoms with van der Waals surface area (Å²) in [6, 6.07) is 0.517. The summed E-state index contributed by atoms with van der Waals surface area (Å²) < 4.78 is 42.2. The van der Waals surface area contributed by atoms with E-state index in [2.05, 4.69) is 4.74 Å². The minimum atomic E-state index is -1.48. The average molecular weight is 234 g/mol. The fourth-order valence-corrected chi connectivity index (χ4v) is 0.865. The van der Waals surface area contributed by atoms with Crippen LogP contribution < -0.4 is 4.74 Å². The van der Waals surface area contributed by atoms with E-state index in [1.807, 2.05) is 0 Å². The van der Waals surface area contributed by atoms with E-state index in [1.54, 1.807) is 0 Å². The van der Waals surface area contributed by atoms with Gasteiger partial charge in [0.05, 0.1) is 0 Å². The Kier molecular flexibility index (Phi) is 3.49. The molecule has 0 saturated heterocycles. The topological polar surface area (TPSA) is 63.6 Å². The number of aliphatic carboxylic acids is 1. The standard InChI is InChI=1S/C9H5F3O4/c10-4-1-6(12)7(2-5(4)11)16-9(15)3-8(13)14/h1-2H,3H2,(H,13,14). The molecule has 4 nitrogen and oxygen atoms in total. The van der Waals surface area contributed by atoms with Crippen molar-refractivity contribution in [2.24, 2.45) is 0 Å². The normalized spacial score (nSPS) is 9.94. The maximum absolute atomic E-state index is 12.9. The number of carbonyl (C=O) groups excluding carboxylic acids is 1. The van der Waals surface area contributed by atoms with Crippen molar-refractivity contribution in [1.82, 2.24) is 0 Å². The molecule has 1 aromatic carbocycles. The highest BCUT2D eigenvalue weighted by molar-refractivity contribution is 5.91. The number of rotatable bonds is 3. The van der Waals surface area contributed by atoms with Crippen LogP contribution in [0.3, 0.4) is 0 Å². The van der Waals surface area contributed by atoms with Crippen molar-refractivity contribution < 1.29 is 32.6 Å². The predicted octanol–water partition coefficient (Wildman–Crippen LogP) is 1.48. The molecule has 0 fully saturated rings. The van der Waals surface area contributed by atoms with E-state index >= 15 is 0 Å². The summed E-state index contributed by atoms with van der Waals surface area (Å²) in [5.74, 6) is -7.75. The van der Waals surface area contributed by atoms with E-state index in [1.165, 1.54) is 0 Å². The van der Waals surface area contributed by atoms with Crippen LogP contribution in [0.5, 0.6) is 5.75 Å². The minimum absolute atomic E-state index is 0.193. The lowest BCUT2D eigenvalue weighted by Gasteiger charge is -2.04. The second-order valence-corrected chi connectivity index (χ2v) is 2.74. The van der Waals surface area contributed by atoms with Crippen molar-refractivity contribution in [1.29, 1.82) is 0 Å². The Morgan fingerprint density at radius 3 is 2.25 bits per heavy atom. The molecule has 0 spiro atoms. The number of hydrogen-bond donors (Lipinski definition) is 1. The van der Waals surface area contributed by atoms with Gasteiger partial charge in [0, 0.05) is 12.1 Å². The van der Waals surface area contributed by atoms with Crippen LogP contribution in [-0.2, 0) is 9.59 Å². The summed E-state index contributed by atoms with van der Waals surface area (Å²) in [6.07, 6.45) is -1.00. The van der Waals surface area contributed by atoms with Crippen LogP contribution >= 0.6 is 0 Å². The molecule has 1 N–H and O–H groups in total. The minimum Gasteiger partial charge on any atom is -0.481 e. The molecule has 0 saturated carbocycles. The molecule has 0 aliphatic heterocycles. The van der Waals surface area contributed by atoms with Gasteiger partial charge in [-0.25, -0.2) is 13.2 Å². The van der Waals surface area contributed by atoms with Gasteiger partial charge in [0.15, 0.2) is 23.2 Å². The second-order valence-electron chi connectivity index (χ2n) is 2.74. The lowest BCUT2D eigenvalue weighted by atomic mass is 10.3. The Morgan fingerprint density at radius 1 is 1.12 bits per heavy atom. The average Bonchev–Trinajstić information content (AvgIpc) is 2.12. The molecule has 0 unspecified atom stereocenters. The van der Waals surface area contributed by atoms with Crippen LogP contribution in [0, 0.1) is 17.5 Å². The molecule has 0 aliphatic carbocycles. The molecular weight excluding hydrogens is 229 g/mol. The number of carboxylic acids is 1. The number of carbonyl (C=O) groups is 2. The van der Waals surface area contributed by atoms with Crippen LogP contribution in [-0.4, -0.2) is 17.0 Å². The Morgan fingerprint density at radius 2 is 1.69 bits per heavy atom. The van der Waals surface area contributed by atoms with Gasteiger partial charge in [-0.1, -0.05) is 0 Å². The number of benzene rings is 1. The molecule has 7 heteroatoms. The van der Waals surface area contributed by atoms with Crippen molar-refractivity contribution in [3.63, 3.8) is 0 Å². The first-order chi connectivity index (χ1) is 7.40. The van der Waals surface area contributed by atoms with Gasteiger partial charge in [0.25, 0.3) is 0 Å². The van der Waals surface area contributed by atoms with E-state index in [9.17, 15) is 22.8 Å². The Labute approximate surface area is 87.3 Å². The summed E-state index contributed by atoms with van der Waals surface area (Å²) in [5, 5.41) is 8.20. The largest absolute Gasteiger partial charge is 0.481 e. The maximum Gasteiger partial charge on any atom is 0.322 e. The van der Waals surface area contributed by atoms with Gasteiger partial charge in [-0.05, 0) is 0 Å². The highest BCUT2D eigenvalue weighted by Gasteiger charge is 2.16. The van der Waals surface area contributed by atoms with Crippen LogP contribution in [0.1, 0.15) is 6.42 Å². The summed E-state index contributed by atoms with van der Waals surface area (Å²) in [7, 11) is 0. The fourth-order valence-electron chi connectivity index (χ4n) is 0.865. The van der Waals surface area contributed by atoms with Crippen LogP contribution in [0.2, 0.25) is 0 Å². The molecule has 1 aromatic rings. The van der Waals surface area contributed by atoms with Gasteiger partial charge in [-0.2, -0.15) is 0 Å². The summed E-state index contributed by atoms with van der Waals surface area (Å²) in [5.41, 5.74) is 0. The number of esters is 1. The predicted molar refractivity (Wildman–Crippen MR) is 44.2 cm³/mol. The van der Waals surface area contributed by atoms with Gasteiger partial charge in [0.1, 0.15) is 6.42 Å². The van der Waals surface area contributed by atoms with Crippen LogP contribution in [0.25, 0.3) is 0 Å². The quantitative estimate of drug-likeness (QED) is 0.372. The Hall–Kier alpha value is -2.05. The lowest BCUT2D eigenvalue weighted by molar-refractivity contribution is -0.145. The number of ether oxygens (including phenoxy) is 1. The molecule has 86 valence electrons. The first-order valence-electron chi connectivity index (χ1n) is 3.97. The molecular formula is C9H5F3O4. The van der Waals surface area contributed by atoms with Crippen molar-refractivity contribution in [3.05, 3.63) is 29.6 Å². The second kappa shape index (κ2) is 4.65. The molecule has 0 bridgehead atoms. The van der Waals surface area contributed by atoms with E-state index in [4.69, 9.17) is 5.11 Å². The fraction of sp³-hybridized carbons (Fsp3) is 0.111.